The fraction of sp³-hybridized carbons (Fsp3) is 0. The fourth-order valence-electron chi connectivity index (χ4n) is 1.43. The predicted molar refractivity (Wildman–Crippen MR) is 76.6 cm³/mol. The van der Waals surface area contributed by atoms with Crippen molar-refractivity contribution < 1.29 is 18.7 Å². The van der Waals surface area contributed by atoms with E-state index in [4.69, 9.17) is 4.74 Å². The maximum atomic E-state index is 12.9. The Morgan fingerprint density at radius 1 is 1.18 bits per heavy atom. The van der Waals surface area contributed by atoms with E-state index in [1.54, 1.807) is 24.3 Å². The lowest BCUT2D eigenvalue weighted by Gasteiger charge is -2.04. The number of hydrogen-bond donors (Lipinski definition) is 2. The van der Waals surface area contributed by atoms with E-state index in [9.17, 15) is 14.0 Å². The molecule has 0 aliphatic rings. The van der Waals surface area contributed by atoms with E-state index in [0.717, 1.165) is 6.34 Å². The van der Waals surface area contributed by atoms with Crippen LogP contribution in [-0.4, -0.2) is 23.8 Å². The molecule has 112 valence electrons. The molecule has 0 aliphatic heterocycles. The van der Waals surface area contributed by atoms with Gasteiger partial charge in [-0.1, -0.05) is 6.07 Å². The molecule has 1 aromatic heterocycles. The highest BCUT2D eigenvalue weighted by Gasteiger charge is 2.00. The van der Waals surface area contributed by atoms with Crippen LogP contribution in [0, 0.1) is 5.95 Å². The molecule has 0 spiro atoms. The minimum atomic E-state index is -0.684. The highest BCUT2D eigenvalue weighted by atomic mass is 19.1. The first-order valence-electron chi connectivity index (χ1n) is 6.11. The monoisotopic (exact) mass is 302 g/mol. The maximum absolute atomic E-state index is 12.9. The number of benzene rings is 1. The minimum Gasteiger partial charge on any atom is -0.439 e. The van der Waals surface area contributed by atoms with Gasteiger partial charge in [-0.05, 0) is 30.3 Å². The molecule has 0 bridgehead atoms. The zero-order valence-electron chi connectivity index (χ0n) is 11.2. The molecule has 0 radical (unpaired) electrons. The number of aliphatic imine (C=N–C) groups is 1. The van der Waals surface area contributed by atoms with Crippen molar-refractivity contribution in [1.82, 2.24) is 15.6 Å². The third-order valence-corrected chi connectivity index (χ3v) is 2.35. The van der Waals surface area contributed by atoms with E-state index in [-0.39, 0.29) is 12.3 Å². The largest absolute Gasteiger partial charge is 0.439 e. The lowest BCUT2D eigenvalue weighted by Crippen LogP contribution is -2.33. The van der Waals surface area contributed by atoms with Gasteiger partial charge in [0.25, 0.3) is 0 Å². The average Bonchev–Trinajstić information content (AvgIpc) is 2.49. The normalized spacial score (nSPS) is 10.2. The Labute approximate surface area is 124 Å². The van der Waals surface area contributed by atoms with E-state index in [2.05, 4.69) is 15.3 Å². The van der Waals surface area contributed by atoms with Gasteiger partial charge in [0.15, 0.2) is 0 Å². The Kier molecular flexibility index (Phi) is 5.14. The van der Waals surface area contributed by atoms with E-state index < -0.39 is 12.0 Å². The van der Waals surface area contributed by atoms with Crippen LogP contribution in [0.3, 0.4) is 0 Å². The van der Waals surface area contributed by atoms with E-state index in [1.165, 1.54) is 18.2 Å². The van der Waals surface area contributed by atoms with Crippen LogP contribution < -0.4 is 15.4 Å². The second kappa shape index (κ2) is 7.48. The molecule has 0 aliphatic carbocycles. The lowest BCUT2D eigenvalue weighted by molar-refractivity contribution is -0.108. The summed E-state index contributed by atoms with van der Waals surface area (Å²) in [5, 5.41) is 4.13. The number of imide groups is 1. The van der Waals surface area contributed by atoms with Crippen molar-refractivity contribution in [2.24, 2.45) is 4.99 Å². The van der Waals surface area contributed by atoms with Gasteiger partial charge in [0.1, 0.15) is 5.75 Å². The maximum Gasteiger partial charge on any atom is 0.326 e. The van der Waals surface area contributed by atoms with Crippen molar-refractivity contribution in [3.63, 3.8) is 0 Å². The number of rotatable bonds is 5. The second-order valence-electron chi connectivity index (χ2n) is 3.89. The summed E-state index contributed by atoms with van der Waals surface area (Å²) in [6.07, 6.45) is 1.40. The first kappa shape index (κ1) is 15.1. The van der Waals surface area contributed by atoms with Gasteiger partial charge in [0.2, 0.25) is 18.2 Å². The van der Waals surface area contributed by atoms with Gasteiger partial charge in [-0.15, -0.1) is 0 Å². The summed E-state index contributed by atoms with van der Waals surface area (Å²) < 4.78 is 18.3. The molecular formula is C14H11FN4O3. The van der Waals surface area contributed by atoms with Gasteiger partial charge in [-0.25, -0.2) is 9.79 Å². The van der Waals surface area contributed by atoms with Crippen molar-refractivity contribution in [3.8, 4) is 11.6 Å². The van der Waals surface area contributed by atoms with Crippen LogP contribution in [-0.2, 0) is 4.79 Å². The smallest absolute Gasteiger partial charge is 0.326 e. The van der Waals surface area contributed by atoms with Gasteiger partial charge < -0.3 is 4.74 Å². The second-order valence-corrected chi connectivity index (χ2v) is 3.89. The van der Waals surface area contributed by atoms with Crippen molar-refractivity contribution in [2.75, 3.05) is 0 Å². The third-order valence-electron chi connectivity index (χ3n) is 2.35. The number of ether oxygens (including phenoxy) is 1. The van der Waals surface area contributed by atoms with Crippen molar-refractivity contribution in [3.05, 3.63) is 48.4 Å². The summed E-state index contributed by atoms with van der Waals surface area (Å²) in [7, 11) is 0. The number of nitrogens with zero attached hydrogens (tertiary/aromatic N) is 2. The summed E-state index contributed by atoms with van der Waals surface area (Å²) in [4.78, 5) is 28.4. The van der Waals surface area contributed by atoms with Gasteiger partial charge in [-0.2, -0.15) is 9.37 Å². The van der Waals surface area contributed by atoms with Crippen molar-refractivity contribution in [2.45, 2.75) is 0 Å². The van der Waals surface area contributed by atoms with Crippen LogP contribution in [0.5, 0.6) is 11.6 Å². The van der Waals surface area contributed by atoms with Crippen molar-refractivity contribution in [1.29, 1.82) is 0 Å². The molecule has 1 heterocycles. The zero-order valence-corrected chi connectivity index (χ0v) is 11.2. The summed E-state index contributed by atoms with van der Waals surface area (Å²) in [5.74, 6) is -0.0226. The van der Waals surface area contributed by atoms with E-state index in [0.29, 0.717) is 11.4 Å². The summed E-state index contributed by atoms with van der Waals surface area (Å²) in [5.41, 5.74) is 0.547. The molecule has 0 saturated carbocycles. The van der Waals surface area contributed by atoms with Crippen LogP contribution in [0.15, 0.2) is 47.5 Å². The number of carbonyl (C=O) groups is 2. The first-order valence-corrected chi connectivity index (χ1v) is 6.11. The number of urea groups is 1. The Morgan fingerprint density at radius 2 is 1.95 bits per heavy atom. The fourth-order valence-corrected chi connectivity index (χ4v) is 1.43. The molecule has 1 aromatic carbocycles. The summed E-state index contributed by atoms with van der Waals surface area (Å²) in [6, 6.07) is 10.1. The number of carbonyl (C=O) groups excluding carboxylic acids is 2. The van der Waals surface area contributed by atoms with Crippen molar-refractivity contribution >= 4 is 24.5 Å². The number of hydrogen-bond acceptors (Lipinski definition) is 5. The first-order chi connectivity index (χ1) is 10.7. The highest BCUT2D eigenvalue weighted by Crippen LogP contribution is 2.22. The van der Waals surface area contributed by atoms with Gasteiger partial charge in [0.05, 0.1) is 12.0 Å². The number of nitrogens with one attached hydrogen (secondary N) is 2. The quantitative estimate of drug-likeness (QED) is 0.383. The van der Waals surface area contributed by atoms with Crippen LogP contribution in [0.2, 0.25) is 0 Å². The molecule has 0 saturated heterocycles. The van der Waals surface area contributed by atoms with Crippen LogP contribution >= 0.6 is 0 Å². The highest BCUT2D eigenvalue weighted by molar-refractivity contribution is 5.92. The number of aromatic nitrogens is 1. The van der Waals surface area contributed by atoms with Crippen LogP contribution in [0.25, 0.3) is 0 Å². The van der Waals surface area contributed by atoms with Gasteiger partial charge in [-0.3, -0.25) is 15.4 Å². The molecule has 2 rings (SSSR count). The number of pyridine rings is 1. The summed E-state index contributed by atoms with van der Waals surface area (Å²) in [6.45, 7) is 0. The molecule has 0 unspecified atom stereocenters. The SMILES string of the molecule is O=CNC(=O)NC=Nc1ccc(Oc2cccc(F)n2)cc1. The predicted octanol–water partition coefficient (Wildman–Crippen LogP) is 2.13. The third kappa shape index (κ3) is 4.67. The molecular weight excluding hydrogens is 291 g/mol. The average molecular weight is 302 g/mol. The Morgan fingerprint density at radius 3 is 2.64 bits per heavy atom. The molecule has 8 heteroatoms. The van der Waals surface area contributed by atoms with Gasteiger partial charge in [0, 0.05) is 6.07 Å². The Hall–Kier alpha value is -3.29. The molecule has 22 heavy (non-hydrogen) atoms. The van der Waals surface area contributed by atoms with Crippen LogP contribution in [0.4, 0.5) is 14.9 Å². The van der Waals surface area contributed by atoms with E-state index >= 15 is 0 Å². The number of halogens is 1. The molecule has 0 fully saturated rings. The Bertz CT molecular complexity index is 689. The molecule has 3 amide bonds. The minimum absolute atomic E-state index is 0.142. The Balaban J connectivity index is 1.94. The standard InChI is InChI=1S/C14H11FN4O3/c15-12-2-1-3-13(19-12)22-11-6-4-10(5-7-11)16-8-17-14(21)18-9-20/h1-9H,(H2,16,17,18,20,21). The molecule has 7 nitrogen and oxygen atoms in total. The summed E-state index contributed by atoms with van der Waals surface area (Å²) >= 11 is 0. The van der Waals surface area contributed by atoms with E-state index in [1.807, 2.05) is 5.32 Å². The van der Waals surface area contributed by atoms with Gasteiger partial charge >= 0.3 is 6.03 Å². The topological polar surface area (TPSA) is 92.7 Å². The molecule has 2 N–H and O–H groups in total. The molecule has 2 aromatic rings. The molecule has 0 atom stereocenters. The van der Waals surface area contributed by atoms with Crippen LogP contribution in [0.1, 0.15) is 0 Å². The number of amides is 3. The lowest BCUT2D eigenvalue weighted by atomic mass is 10.3. The zero-order chi connectivity index (χ0) is 15.8.